The molecule has 1 atom stereocenters. The molecule has 23 heavy (non-hydrogen) atoms. The first-order chi connectivity index (χ1) is 10.9. The van der Waals surface area contributed by atoms with Crippen LogP contribution in [0.5, 0.6) is 0 Å². The molecule has 1 aliphatic rings. The molecular weight excluding hydrogens is 290 g/mol. The van der Waals surface area contributed by atoms with Gasteiger partial charge >= 0.3 is 0 Å². The molecule has 2 amide bonds. The van der Waals surface area contributed by atoms with E-state index in [0.717, 1.165) is 12.1 Å². The predicted molar refractivity (Wildman–Crippen MR) is 93.4 cm³/mol. The summed E-state index contributed by atoms with van der Waals surface area (Å²) in [6.45, 7) is 13.0. The van der Waals surface area contributed by atoms with Crippen molar-refractivity contribution in [2.45, 2.75) is 20.3 Å². The van der Waals surface area contributed by atoms with Gasteiger partial charge in [-0.15, -0.1) is 0 Å². The summed E-state index contributed by atoms with van der Waals surface area (Å²) in [5.74, 6) is 0.246. The minimum absolute atomic E-state index is 0.0548. The van der Waals surface area contributed by atoms with Crippen LogP contribution in [0.4, 0.5) is 0 Å². The molecule has 1 aliphatic heterocycles. The molecule has 0 aromatic carbocycles. The molecule has 5 heteroatoms. The number of likely N-dealkylation sites (N-methyl/N-ethyl adjacent to an activating group) is 1. The Balaban J connectivity index is 2.95. The summed E-state index contributed by atoms with van der Waals surface area (Å²) >= 11 is 0. The zero-order chi connectivity index (χ0) is 17.4. The Morgan fingerprint density at radius 3 is 2.78 bits per heavy atom. The average molecular weight is 317 g/mol. The minimum atomic E-state index is -0.0548. The van der Waals surface area contributed by atoms with Crippen molar-refractivity contribution >= 4 is 12.3 Å². The van der Waals surface area contributed by atoms with Crippen LogP contribution in [0.25, 0.3) is 0 Å². The zero-order valence-corrected chi connectivity index (χ0v) is 14.3. The number of rotatable bonds is 8. The molecule has 0 saturated heterocycles. The highest BCUT2D eigenvalue weighted by atomic mass is 16.2. The topological polar surface area (TPSA) is 52.7 Å². The van der Waals surface area contributed by atoms with E-state index in [-0.39, 0.29) is 12.5 Å². The summed E-state index contributed by atoms with van der Waals surface area (Å²) in [5.41, 5.74) is 2.98. The Bertz CT molecular complexity index is 534. The van der Waals surface area contributed by atoms with Crippen LogP contribution >= 0.6 is 0 Å². The van der Waals surface area contributed by atoms with Crippen molar-refractivity contribution in [2.24, 2.45) is 5.92 Å². The quantitative estimate of drug-likeness (QED) is 0.423. The van der Waals surface area contributed by atoms with Crippen LogP contribution in [0.2, 0.25) is 0 Å². The molecule has 0 saturated carbocycles. The number of amides is 2. The van der Waals surface area contributed by atoms with E-state index in [2.05, 4.69) is 31.5 Å². The van der Waals surface area contributed by atoms with Gasteiger partial charge in [0, 0.05) is 25.0 Å². The number of carbonyl (C=O) groups excluding carboxylic acids is 2. The molecule has 1 heterocycles. The van der Waals surface area contributed by atoms with Crippen LogP contribution in [0.3, 0.4) is 0 Å². The van der Waals surface area contributed by atoms with E-state index >= 15 is 0 Å². The highest BCUT2D eigenvalue weighted by molar-refractivity contribution is 5.80. The summed E-state index contributed by atoms with van der Waals surface area (Å²) in [5, 5.41) is 3.27. The Morgan fingerprint density at radius 2 is 2.22 bits per heavy atom. The van der Waals surface area contributed by atoms with Crippen LogP contribution in [-0.2, 0) is 9.59 Å². The number of nitrogens with one attached hydrogen (secondary N) is 1. The third kappa shape index (κ3) is 5.43. The maximum atomic E-state index is 12.3. The van der Waals surface area contributed by atoms with Gasteiger partial charge in [0.05, 0.1) is 13.1 Å². The van der Waals surface area contributed by atoms with Crippen LogP contribution in [-0.4, -0.2) is 48.8 Å². The fourth-order valence-corrected chi connectivity index (χ4v) is 2.61. The minimum Gasteiger partial charge on any atom is -0.358 e. The van der Waals surface area contributed by atoms with Crippen LogP contribution in [0.15, 0.2) is 48.4 Å². The lowest BCUT2D eigenvalue weighted by Gasteiger charge is -2.33. The van der Waals surface area contributed by atoms with Crippen LogP contribution in [0, 0.1) is 5.92 Å². The van der Waals surface area contributed by atoms with E-state index in [1.807, 2.05) is 13.0 Å². The monoisotopic (exact) mass is 317 g/mol. The Morgan fingerprint density at radius 1 is 1.52 bits per heavy atom. The third-order valence-electron chi connectivity index (χ3n) is 3.89. The van der Waals surface area contributed by atoms with Crippen molar-refractivity contribution in [3.63, 3.8) is 0 Å². The first-order valence-electron chi connectivity index (χ1n) is 7.79. The molecule has 1 unspecified atom stereocenters. The number of allylic oxidation sites excluding steroid dienone is 3. The Kier molecular flexibility index (Phi) is 7.32. The first-order valence-corrected chi connectivity index (χ1v) is 7.79. The molecular formula is C18H27N3O2. The second kappa shape index (κ2) is 8.98. The largest absolute Gasteiger partial charge is 0.358 e. The third-order valence-corrected chi connectivity index (χ3v) is 3.89. The van der Waals surface area contributed by atoms with Gasteiger partial charge in [0.1, 0.15) is 0 Å². The van der Waals surface area contributed by atoms with E-state index in [1.165, 1.54) is 10.5 Å². The highest BCUT2D eigenvalue weighted by Crippen LogP contribution is 2.25. The maximum absolute atomic E-state index is 12.3. The van der Waals surface area contributed by atoms with E-state index in [4.69, 9.17) is 0 Å². The number of nitrogens with zero attached hydrogens (tertiary/aromatic N) is 2. The molecule has 126 valence electrons. The lowest BCUT2D eigenvalue weighted by atomic mass is 9.92. The van der Waals surface area contributed by atoms with Gasteiger partial charge in [-0.1, -0.05) is 32.2 Å². The molecule has 0 aliphatic carbocycles. The Labute approximate surface area is 139 Å². The lowest BCUT2D eigenvalue weighted by Crippen LogP contribution is -2.44. The van der Waals surface area contributed by atoms with Crippen molar-refractivity contribution < 1.29 is 9.59 Å². The van der Waals surface area contributed by atoms with Gasteiger partial charge in [-0.3, -0.25) is 9.59 Å². The predicted octanol–water partition coefficient (Wildman–Crippen LogP) is 2.06. The Hall–Kier alpha value is -2.30. The van der Waals surface area contributed by atoms with E-state index in [1.54, 1.807) is 18.0 Å². The molecule has 0 fully saturated rings. The van der Waals surface area contributed by atoms with Crippen LogP contribution in [0.1, 0.15) is 20.3 Å². The van der Waals surface area contributed by atoms with E-state index in [9.17, 15) is 9.59 Å². The molecule has 0 spiro atoms. The fraction of sp³-hybridized carbons (Fsp3) is 0.444. The average Bonchev–Trinajstić information content (AvgIpc) is 2.54. The summed E-state index contributed by atoms with van der Waals surface area (Å²) in [6.07, 6.45) is 7.30. The van der Waals surface area contributed by atoms with Gasteiger partial charge in [0.2, 0.25) is 12.3 Å². The van der Waals surface area contributed by atoms with Crippen molar-refractivity contribution in [3.05, 3.63) is 48.4 Å². The van der Waals surface area contributed by atoms with Crippen molar-refractivity contribution in [2.75, 3.05) is 26.7 Å². The second-order valence-electron chi connectivity index (χ2n) is 5.76. The molecule has 0 radical (unpaired) electrons. The van der Waals surface area contributed by atoms with E-state index in [0.29, 0.717) is 31.1 Å². The van der Waals surface area contributed by atoms with Gasteiger partial charge in [-0.25, -0.2) is 0 Å². The van der Waals surface area contributed by atoms with Gasteiger partial charge in [0.25, 0.3) is 0 Å². The van der Waals surface area contributed by atoms with Gasteiger partial charge < -0.3 is 15.1 Å². The maximum Gasteiger partial charge on any atom is 0.242 e. The normalized spacial score (nSPS) is 16.2. The summed E-state index contributed by atoms with van der Waals surface area (Å²) < 4.78 is 0. The number of carbonyl (C=O) groups is 2. The summed E-state index contributed by atoms with van der Waals surface area (Å²) in [4.78, 5) is 26.1. The first kappa shape index (κ1) is 18.7. The molecule has 5 nitrogen and oxygen atoms in total. The molecule has 1 rings (SSSR count). The summed E-state index contributed by atoms with van der Waals surface area (Å²) in [6, 6.07) is 0. The van der Waals surface area contributed by atoms with Gasteiger partial charge in [0.15, 0.2) is 0 Å². The zero-order valence-electron chi connectivity index (χ0n) is 14.3. The fourth-order valence-electron chi connectivity index (χ4n) is 2.61. The SMILES string of the molecule is C=CC(=C)NC1=C(C(C)/C=C\C)CCN(C(=O)CN(C)C=O)C1. The lowest BCUT2D eigenvalue weighted by molar-refractivity contribution is -0.134. The molecule has 0 aromatic heterocycles. The van der Waals surface area contributed by atoms with Crippen molar-refractivity contribution in [3.8, 4) is 0 Å². The summed E-state index contributed by atoms with van der Waals surface area (Å²) in [7, 11) is 1.60. The van der Waals surface area contributed by atoms with Crippen molar-refractivity contribution in [1.29, 1.82) is 0 Å². The molecule has 0 aromatic rings. The second-order valence-corrected chi connectivity index (χ2v) is 5.76. The molecule has 0 bridgehead atoms. The number of hydrogen-bond donors (Lipinski definition) is 1. The number of hydrogen-bond acceptors (Lipinski definition) is 3. The van der Waals surface area contributed by atoms with E-state index < -0.39 is 0 Å². The smallest absolute Gasteiger partial charge is 0.242 e. The van der Waals surface area contributed by atoms with Crippen LogP contribution < -0.4 is 5.32 Å². The highest BCUT2D eigenvalue weighted by Gasteiger charge is 2.25. The van der Waals surface area contributed by atoms with Crippen molar-refractivity contribution in [1.82, 2.24) is 15.1 Å². The molecule has 1 N–H and O–H groups in total. The van der Waals surface area contributed by atoms with Gasteiger partial charge in [-0.2, -0.15) is 0 Å². The van der Waals surface area contributed by atoms with Gasteiger partial charge in [-0.05, 0) is 30.9 Å². The standard InChI is InChI=1S/C18H27N3O2/c1-6-8-14(3)16-9-10-21(18(23)12-20(5)13-22)11-17(16)19-15(4)7-2/h6-8,13-14,19H,2,4,9-12H2,1,3,5H3/b8-6-.